The fraction of sp³-hybridized carbons (Fsp3) is 0.375. The first-order chi connectivity index (χ1) is 9.76. The van der Waals surface area contributed by atoms with Gasteiger partial charge in [0.1, 0.15) is 0 Å². The van der Waals surface area contributed by atoms with Gasteiger partial charge < -0.3 is 10.0 Å². The average molecular weight is 270 g/mol. The van der Waals surface area contributed by atoms with Crippen LogP contribution in [0.3, 0.4) is 0 Å². The zero-order valence-electron chi connectivity index (χ0n) is 11.3. The number of carbonyl (C=O) groups is 1. The number of likely N-dealkylation sites (tertiary alicyclic amines) is 1. The predicted octanol–water partition coefficient (Wildman–Crippen LogP) is 1.62. The largest absolute Gasteiger partial charge is 0.396 e. The Hall–Kier alpha value is -1.94. The molecule has 0 bridgehead atoms. The molecule has 3 rings (SSSR count). The molecule has 1 aromatic carbocycles. The van der Waals surface area contributed by atoms with E-state index in [1.165, 1.54) is 5.56 Å². The van der Waals surface area contributed by atoms with Crippen LogP contribution in [0, 0.1) is 5.92 Å². The molecule has 1 saturated heterocycles. The van der Waals surface area contributed by atoms with Crippen molar-refractivity contribution in [3.63, 3.8) is 0 Å². The molecule has 0 spiro atoms. The lowest BCUT2D eigenvalue weighted by atomic mass is 10.1. The van der Waals surface area contributed by atoms with Crippen LogP contribution in [-0.4, -0.2) is 40.6 Å². The Bertz CT molecular complexity index is 627. The zero-order valence-corrected chi connectivity index (χ0v) is 11.3. The van der Waals surface area contributed by atoms with Crippen LogP contribution in [0.5, 0.6) is 0 Å². The number of benzene rings is 1. The van der Waals surface area contributed by atoms with Crippen molar-refractivity contribution in [2.45, 2.75) is 12.8 Å². The van der Waals surface area contributed by atoms with Gasteiger partial charge in [-0.3, -0.25) is 9.78 Å². The molecule has 2 aromatic rings. The highest BCUT2D eigenvalue weighted by atomic mass is 16.3. The van der Waals surface area contributed by atoms with Crippen molar-refractivity contribution in [2.75, 3.05) is 19.7 Å². The Morgan fingerprint density at radius 3 is 3.05 bits per heavy atom. The van der Waals surface area contributed by atoms with Crippen LogP contribution >= 0.6 is 0 Å². The topological polar surface area (TPSA) is 53.4 Å². The standard InChI is InChI=1S/C16H18N2O2/c19-11-13-9-16(20)18(10-13)7-5-12-3-4-15-14(8-12)2-1-6-17-15/h1-4,6,8,13,19H,5,7,9-11H2. The van der Waals surface area contributed by atoms with Gasteiger partial charge >= 0.3 is 0 Å². The van der Waals surface area contributed by atoms with Gasteiger partial charge in [-0.1, -0.05) is 12.1 Å². The van der Waals surface area contributed by atoms with Gasteiger partial charge in [0.2, 0.25) is 5.91 Å². The second-order valence-electron chi connectivity index (χ2n) is 5.37. The molecule has 4 nitrogen and oxygen atoms in total. The van der Waals surface area contributed by atoms with Gasteiger partial charge in [0.05, 0.1) is 5.52 Å². The molecule has 1 aromatic heterocycles. The highest BCUT2D eigenvalue weighted by Crippen LogP contribution is 2.18. The van der Waals surface area contributed by atoms with Crippen LogP contribution in [0.4, 0.5) is 0 Å². The summed E-state index contributed by atoms with van der Waals surface area (Å²) in [5.41, 5.74) is 2.21. The molecule has 4 heteroatoms. The van der Waals surface area contributed by atoms with Crippen molar-refractivity contribution in [3.05, 3.63) is 42.1 Å². The molecule has 1 amide bonds. The average Bonchev–Trinajstić information content (AvgIpc) is 2.85. The molecule has 1 unspecified atom stereocenters. The maximum absolute atomic E-state index is 11.8. The molecule has 1 N–H and O–H groups in total. The maximum Gasteiger partial charge on any atom is 0.223 e. The number of rotatable bonds is 4. The molecule has 1 atom stereocenters. The van der Waals surface area contributed by atoms with Crippen LogP contribution in [0.15, 0.2) is 36.5 Å². The number of aromatic nitrogens is 1. The predicted molar refractivity (Wildman–Crippen MR) is 77.2 cm³/mol. The van der Waals surface area contributed by atoms with E-state index in [1.54, 1.807) is 6.20 Å². The van der Waals surface area contributed by atoms with Gasteiger partial charge in [0.25, 0.3) is 0 Å². The number of hydrogen-bond acceptors (Lipinski definition) is 3. The van der Waals surface area contributed by atoms with Crippen LogP contribution in [0.2, 0.25) is 0 Å². The summed E-state index contributed by atoms with van der Waals surface area (Å²) in [5, 5.41) is 10.2. The number of aliphatic hydroxyl groups excluding tert-OH is 1. The lowest BCUT2D eigenvalue weighted by Crippen LogP contribution is -2.27. The van der Waals surface area contributed by atoms with Gasteiger partial charge in [-0.25, -0.2) is 0 Å². The Morgan fingerprint density at radius 1 is 1.35 bits per heavy atom. The summed E-state index contributed by atoms with van der Waals surface area (Å²) >= 11 is 0. The van der Waals surface area contributed by atoms with Crippen LogP contribution in [-0.2, 0) is 11.2 Å². The van der Waals surface area contributed by atoms with Crippen molar-refractivity contribution in [1.82, 2.24) is 9.88 Å². The summed E-state index contributed by atoms with van der Waals surface area (Å²) in [4.78, 5) is 17.9. The molecule has 0 radical (unpaired) electrons. The summed E-state index contributed by atoms with van der Waals surface area (Å²) in [6.07, 6.45) is 3.12. The minimum Gasteiger partial charge on any atom is -0.396 e. The number of pyridine rings is 1. The third-order valence-corrected chi connectivity index (χ3v) is 3.89. The van der Waals surface area contributed by atoms with Crippen LogP contribution < -0.4 is 0 Å². The number of carbonyl (C=O) groups excluding carboxylic acids is 1. The van der Waals surface area contributed by atoms with Crippen molar-refractivity contribution in [2.24, 2.45) is 5.92 Å². The second kappa shape index (κ2) is 5.59. The van der Waals surface area contributed by atoms with Gasteiger partial charge in [-0.15, -0.1) is 0 Å². The van der Waals surface area contributed by atoms with Gasteiger partial charge in [-0.05, 0) is 30.2 Å². The van der Waals surface area contributed by atoms with Crippen LogP contribution in [0.25, 0.3) is 10.9 Å². The molecule has 1 aliphatic rings. The molecule has 0 aliphatic carbocycles. The van der Waals surface area contributed by atoms with E-state index >= 15 is 0 Å². The summed E-state index contributed by atoms with van der Waals surface area (Å²) in [6.45, 7) is 1.51. The first-order valence-corrected chi connectivity index (χ1v) is 6.98. The normalized spacial score (nSPS) is 18.9. The maximum atomic E-state index is 11.8. The zero-order chi connectivity index (χ0) is 13.9. The lowest BCUT2D eigenvalue weighted by molar-refractivity contribution is -0.127. The highest BCUT2D eigenvalue weighted by Gasteiger charge is 2.28. The van der Waals surface area contributed by atoms with E-state index in [-0.39, 0.29) is 18.4 Å². The SMILES string of the molecule is O=C1CC(CO)CN1CCc1ccc2ncccc2c1. The van der Waals surface area contributed by atoms with Crippen molar-refractivity contribution < 1.29 is 9.90 Å². The molecule has 20 heavy (non-hydrogen) atoms. The molecule has 1 aliphatic heterocycles. The van der Waals surface area contributed by atoms with E-state index in [0.717, 1.165) is 23.9 Å². The minimum atomic E-state index is 0.101. The third kappa shape index (κ3) is 2.65. The summed E-state index contributed by atoms with van der Waals surface area (Å²) < 4.78 is 0. The number of hydrogen-bond donors (Lipinski definition) is 1. The Kier molecular flexibility index (Phi) is 3.65. The molecule has 1 fully saturated rings. The van der Waals surface area contributed by atoms with E-state index in [2.05, 4.69) is 23.2 Å². The first-order valence-electron chi connectivity index (χ1n) is 6.98. The minimum absolute atomic E-state index is 0.101. The molecule has 104 valence electrons. The van der Waals surface area contributed by atoms with Crippen molar-refractivity contribution in [1.29, 1.82) is 0 Å². The summed E-state index contributed by atoms with van der Waals surface area (Å²) in [6, 6.07) is 10.2. The van der Waals surface area contributed by atoms with Crippen LogP contribution in [0.1, 0.15) is 12.0 Å². The third-order valence-electron chi connectivity index (χ3n) is 3.89. The van der Waals surface area contributed by atoms with E-state index in [4.69, 9.17) is 5.11 Å². The summed E-state index contributed by atoms with van der Waals surface area (Å²) in [7, 11) is 0. The van der Waals surface area contributed by atoms with Gasteiger partial charge in [0, 0.05) is 43.6 Å². The number of amides is 1. The number of nitrogens with zero attached hydrogens (tertiary/aromatic N) is 2. The highest BCUT2D eigenvalue weighted by molar-refractivity contribution is 5.79. The van der Waals surface area contributed by atoms with Gasteiger partial charge in [0.15, 0.2) is 0 Å². The smallest absolute Gasteiger partial charge is 0.223 e. The summed E-state index contributed by atoms with van der Waals surface area (Å²) in [5.74, 6) is 0.273. The van der Waals surface area contributed by atoms with E-state index < -0.39 is 0 Å². The number of aliphatic hydroxyl groups is 1. The molecular formula is C16H18N2O2. The quantitative estimate of drug-likeness (QED) is 0.918. The molecule has 2 heterocycles. The second-order valence-corrected chi connectivity index (χ2v) is 5.37. The lowest BCUT2D eigenvalue weighted by Gasteiger charge is -2.16. The number of fused-ring (bicyclic) bond motifs is 1. The van der Waals surface area contributed by atoms with E-state index in [0.29, 0.717) is 13.0 Å². The van der Waals surface area contributed by atoms with Crippen molar-refractivity contribution >= 4 is 16.8 Å². The Labute approximate surface area is 118 Å². The Morgan fingerprint density at radius 2 is 2.25 bits per heavy atom. The first kappa shape index (κ1) is 13.1. The van der Waals surface area contributed by atoms with E-state index in [9.17, 15) is 4.79 Å². The fourth-order valence-corrected chi connectivity index (χ4v) is 2.74. The fourth-order valence-electron chi connectivity index (χ4n) is 2.74. The Balaban J connectivity index is 1.66. The molecular weight excluding hydrogens is 252 g/mol. The molecule has 0 saturated carbocycles. The van der Waals surface area contributed by atoms with E-state index in [1.807, 2.05) is 17.0 Å². The monoisotopic (exact) mass is 270 g/mol. The van der Waals surface area contributed by atoms with Crippen molar-refractivity contribution in [3.8, 4) is 0 Å². The van der Waals surface area contributed by atoms with Gasteiger partial charge in [-0.2, -0.15) is 0 Å².